The van der Waals surface area contributed by atoms with Crippen molar-refractivity contribution in [3.63, 3.8) is 0 Å². The molecule has 34 heavy (non-hydrogen) atoms. The van der Waals surface area contributed by atoms with Gasteiger partial charge in [0, 0.05) is 29.7 Å². The molecule has 5 aromatic rings. The van der Waals surface area contributed by atoms with Crippen LogP contribution in [0.5, 0.6) is 5.75 Å². The minimum atomic E-state index is -0.641. The summed E-state index contributed by atoms with van der Waals surface area (Å²) in [6.07, 6.45) is 3.20. The number of hydrogen-bond donors (Lipinski definition) is 1. The first-order chi connectivity index (χ1) is 16.7. The molecule has 4 aromatic carbocycles. The Kier molecular flexibility index (Phi) is 4.81. The van der Waals surface area contributed by atoms with E-state index in [2.05, 4.69) is 9.97 Å². The molecule has 1 atom stereocenters. The molecule has 1 amide bonds. The Balaban J connectivity index is 1.55. The second-order valence-corrected chi connectivity index (χ2v) is 8.38. The topological polar surface area (TPSA) is 66.3 Å². The highest BCUT2D eigenvalue weighted by molar-refractivity contribution is 6.08. The van der Waals surface area contributed by atoms with Gasteiger partial charge in [-0.05, 0) is 28.8 Å². The van der Waals surface area contributed by atoms with Crippen molar-refractivity contribution in [1.29, 1.82) is 0 Å². The standard InChI is InChI=1S/C29H21N3O2/c33-26-18-24-23(30-15-16-31-24)17-22(26)27-21-13-7-8-14-25(21)32(29(27)34)28(19-9-3-1-4-10-19)20-11-5-2-6-12-20/h1-18,27-28,33H. The first-order valence-corrected chi connectivity index (χ1v) is 11.2. The van der Waals surface area contributed by atoms with Gasteiger partial charge in [0.05, 0.1) is 23.0 Å². The number of phenols is 1. The van der Waals surface area contributed by atoms with Gasteiger partial charge in [-0.15, -0.1) is 0 Å². The molecule has 0 saturated heterocycles. The monoisotopic (exact) mass is 443 g/mol. The number of rotatable bonds is 4. The lowest BCUT2D eigenvalue weighted by Crippen LogP contribution is -2.34. The van der Waals surface area contributed by atoms with Crippen molar-refractivity contribution in [3.05, 3.63) is 132 Å². The number of anilines is 1. The van der Waals surface area contributed by atoms with Gasteiger partial charge in [0.2, 0.25) is 5.91 Å². The molecule has 0 radical (unpaired) electrons. The molecule has 0 saturated carbocycles. The van der Waals surface area contributed by atoms with Crippen LogP contribution in [-0.4, -0.2) is 21.0 Å². The Bertz CT molecular complexity index is 1460. The predicted octanol–water partition coefficient (Wildman–Crippen LogP) is 5.60. The molecule has 6 rings (SSSR count). The number of amides is 1. The molecule has 1 aromatic heterocycles. The van der Waals surface area contributed by atoms with E-state index in [1.807, 2.05) is 89.8 Å². The van der Waals surface area contributed by atoms with Crippen LogP contribution in [0.15, 0.2) is 109 Å². The smallest absolute Gasteiger partial charge is 0.240 e. The van der Waals surface area contributed by atoms with E-state index in [9.17, 15) is 9.90 Å². The average Bonchev–Trinajstić information content (AvgIpc) is 3.17. The third-order valence-corrected chi connectivity index (χ3v) is 6.41. The number of carbonyl (C=O) groups is 1. The zero-order valence-corrected chi connectivity index (χ0v) is 18.2. The number of carbonyl (C=O) groups excluding carboxylic acids is 1. The quantitative estimate of drug-likeness (QED) is 0.392. The number of aromatic nitrogens is 2. The van der Waals surface area contributed by atoms with E-state index in [0.29, 0.717) is 16.6 Å². The summed E-state index contributed by atoms with van der Waals surface area (Å²) in [5.41, 5.74) is 5.51. The summed E-state index contributed by atoms with van der Waals surface area (Å²) in [6, 6.07) is 31.0. The van der Waals surface area contributed by atoms with Crippen LogP contribution in [0.1, 0.15) is 34.2 Å². The Hall–Kier alpha value is -4.51. The maximum Gasteiger partial charge on any atom is 0.240 e. The van der Waals surface area contributed by atoms with Gasteiger partial charge >= 0.3 is 0 Å². The SMILES string of the molecule is O=C1C(c2cc3nccnc3cc2O)c2ccccc2N1C(c1ccccc1)c1ccccc1. The number of nitrogens with zero attached hydrogens (tertiary/aromatic N) is 3. The van der Waals surface area contributed by atoms with Crippen molar-refractivity contribution in [2.45, 2.75) is 12.0 Å². The van der Waals surface area contributed by atoms with Gasteiger partial charge in [-0.25, -0.2) is 0 Å². The number of aromatic hydroxyl groups is 1. The second kappa shape index (κ2) is 8.12. The van der Waals surface area contributed by atoms with E-state index in [4.69, 9.17) is 0 Å². The van der Waals surface area contributed by atoms with E-state index in [1.165, 1.54) is 0 Å². The minimum absolute atomic E-state index is 0.0407. The molecule has 0 aliphatic carbocycles. The van der Waals surface area contributed by atoms with Gasteiger partial charge in [0.25, 0.3) is 0 Å². The Morgan fingerprint density at radius 2 is 1.26 bits per heavy atom. The summed E-state index contributed by atoms with van der Waals surface area (Å²) in [6.45, 7) is 0. The molecule has 0 fully saturated rings. The van der Waals surface area contributed by atoms with E-state index in [1.54, 1.807) is 24.5 Å². The maximum absolute atomic E-state index is 14.2. The van der Waals surface area contributed by atoms with Crippen molar-refractivity contribution in [2.24, 2.45) is 0 Å². The van der Waals surface area contributed by atoms with Crippen molar-refractivity contribution >= 4 is 22.6 Å². The first kappa shape index (κ1) is 20.1. The van der Waals surface area contributed by atoms with Crippen LogP contribution in [0.3, 0.4) is 0 Å². The van der Waals surface area contributed by atoms with Crippen LogP contribution in [0.4, 0.5) is 5.69 Å². The molecule has 0 spiro atoms. The lowest BCUT2D eigenvalue weighted by Gasteiger charge is -2.30. The molecular formula is C29H21N3O2. The Labute approximate surface area is 197 Å². The lowest BCUT2D eigenvalue weighted by molar-refractivity contribution is -0.118. The van der Waals surface area contributed by atoms with Crippen molar-refractivity contribution in [1.82, 2.24) is 9.97 Å². The summed E-state index contributed by atoms with van der Waals surface area (Å²) in [4.78, 5) is 24.7. The van der Waals surface area contributed by atoms with Crippen molar-refractivity contribution in [2.75, 3.05) is 4.90 Å². The van der Waals surface area contributed by atoms with E-state index in [-0.39, 0.29) is 17.7 Å². The third-order valence-electron chi connectivity index (χ3n) is 6.41. The van der Waals surface area contributed by atoms with Crippen LogP contribution >= 0.6 is 0 Å². The predicted molar refractivity (Wildman–Crippen MR) is 132 cm³/mol. The summed E-state index contributed by atoms with van der Waals surface area (Å²) in [5.74, 6) is -0.686. The van der Waals surface area contributed by atoms with Crippen molar-refractivity contribution in [3.8, 4) is 5.75 Å². The molecule has 1 aliphatic rings. The fourth-order valence-corrected chi connectivity index (χ4v) is 4.92. The second-order valence-electron chi connectivity index (χ2n) is 8.38. The largest absolute Gasteiger partial charge is 0.508 e. The summed E-state index contributed by atoms with van der Waals surface area (Å²) in [5, 5.41) is 10.9. The van der Waals surface area contributed by atoms with Crippen molar-refractivity contribution < 1.29 is 9.90 Å². The highest BCUT2D eigenvalue weighted by Crippen LogP contribution is 2.48. The van der Waals surface area contributed by atoms with E-state index in [0.717, 1.165) is 22.4 Å². The fraction of sp³-hybridized carbons (Fsp3) is 0.0690. The highest BCUT2D eigenvalue weighted by atomic mass is 16.3. The molecule has 5 heteroatoms. The number of para-hydroxylation sites is 1. The molecule has 1 N–H and O–H groups in total. The van der Waals surface area contributed by atoms with E-state index < -0.39 is 5.92 Å². The van der Waals surface area contributed by atoms with Gasteiger partial charge in [0.1, 0.15) is 5.75 Å². The molecule has 164 valence electrons. The zero-order chi connectivity index (χ0) is 23.1. The van der Waals surface area contributed by atoms with E-state index >= 15 is 0 Å². The normalized spacial score (nSPS) is 15.1. The van der Waals surface area contributed by atoms with Crippen LogP contribution in [0, 0.1) is 0 Å². The zero-order valence-electron chi connectivity index (χ0n) is 18.2. The maximum atomic E-state index is 14.2. The van der Waals surface area contributed by atoms with Gasteiger partial charge in [-0.3, -0.25) is 19.7 Å². The third kappa shape index (κ3) is 3.21. The number of benzene rings is 4. The van der Waals surface area contributed by atoms with Crippen LogP contribution < -0.4 is 4.90 Å². The summed E-state index contributed by atoms with van der Waals surface area (Å²) in [7, 11) is 0. The first-order valence-electron chi connectivity index (χ1n) is 11.2. The fourth-order valence-electron chi connectivity index (χ4n) is 4.92. The van der Waals surface area contributed by atoms with Gasteiger partial charge in [-0.2, -0.15) is 0 Å². The molecular weight excluding hydrogens is 422 g/mol. The lowest BCUT2D eigenvalue weighted by atomic mass is 9.91. The minimum Gasteiger partial charge on any atom is -0.508 e. The summed E-state index contributed by atoms with van der Waals surface area (Å²) >= 11 is 0. The van der Waals surface area contributed by atoms with Gasteiger partial charge in [-0.1, -0.05) is 78.9 Å². The van der Waals surface area contributed by atoms with Crippen LogP contribution in [0.2, 0.25) is 0 Å². The molecule has 0 bridgehead atoms. The summed E-state index contributed by atoms with van der Waals surface area (Å²) < 4.78 is 0. The number of phenolic OH excluding ortho intramolecular Hbond substituents is 1. The molecule has 5 nitrogen and oxygen atoms in total. The molecule has 2 heterocycles. The highest BCUT2D eigenvalue weighted by Gasteiger charge is 2.43. The average molecular weight is 444 g/mol. The number of fused-ring (bicyclic) bond motifs is 2. The van der Waals surface area contributed by atoms with Gasteiger partial charge in [0.15, 0.2) is 0 Å². The Morgan fingerprint density at radius 1 is 0.706 bits per heavy atom. The molecule has 1 aliphatic heterocycles. The molecule has 1 unspecified atom stereocenters. The Morgan fingerprint density at radius 3 is 1.91 bits per heavy atom. The van der Waals surface area contributed by atoms with Gasteiger partial charge < -0.3 is 5.11 Å². The number of hydrogen-bond acceptors (Lipinski definition) is 4. The van der Waals surface area contributed by atoms with Crippen LogP contribution in [0.25, 0.3) is 11.0 Å². The van der Waals surface area contributed by atoms with Crippen LogP contribution in [-0.2, 0) is 4.79 Å².